The van der Waals surface area contributed by atoms with E-state index in [2.05, 4.69) is 5.73 Å². The minimum atomic E-state index is 0. The van der Waals surface area contributed by atoms with Gasteiger partial charge in [0.25, 0.3) is 0 Å². The first-order valence-electron chi connectivity index (χ1n) is 1.69. The number of hydrogen-bond donors (Lipinski definition) is 2. The van der Waals surface area contributed by atoms with Crippen molar-refractivity contribution in [3.05, 3.63) is 0 Å². The molecule has 6 heavy (non-hydrogen) atoms. The Morgan fingerprint density at radius 1 is 1.33 bits per heavy atom. The van der Waals surface area contributed by atoms with E-state index in [1.54, 1.807) is 0 Å². The van der Waals surface area contributed by atoms with E-state index < -0.39 is 0 Å². The summed E-state index contributed by atoms with van der Waals surface area (Å²) in [6, 6.07) is 0. The van der Waals surface area contributed by atoms with Gasteiger partial charge in [-0.2, -0.15) is 0 Å². The molecule has 0 aliphatic carbocycles. The number of nitrogens with two attached hydrogens (primary N) is 2. The normalized spacial score (nSPS) is 4.00. The van der Waals surface area contributed by atoms with E-state index in [1.165, 1.54) is 7.05 Å². The van der Waals surface area contributed by atoms with Crippen molar-refractivity contribution >= 4 is 12.4 Å². The summed E-state index contributed by atoms with van der Waals surface area (Å²) < 4.78 is 0. The summed E-state index contributed by atoms with van der Waals surface area (Å²) in [6.07, 6.45) is 0. The second-order valence-corrected chi connectivity index (χ2v) is 0.408. The summed E-state index contributed by atoms with van der Waals surface area (Å²) in [5, 5.41) is 0. The van der Waals surface area contributed by atoms with Crippen molar-refractivity contribution in [2.45, 2.75) is 6.92 Å². The van der Waals surface area contributed by atoms with Gasteiger partial charge in [0.2, 0.25) is 0 Å². The molecule has 0 aromatic heterocycles. The number of halogens is 1. The molecule has 0 bridgehead atoms. The Kier molecular flexibility index (Phi) is 172. The second-order valence-electron chi connectivity index (χ2n) is 0.408. The van der Waals surface area contributed by atoms with Crippen molar-refractivity contribution in [2.24, 2.45) is 11.5 Å². The fraction of sp³-hybridized carbons (Fsp3) is 1.00. The lowest BCUT2D eigenvalue weighted by molar-refractivity contribution is 1.14. The molecule has 0 spiro atoms. The van der Waals surface area contributed by atoms with Gasteiger partial charge < -0.3 is 11.5 Å². The molecule has 4 N–H and O–H groups in total. The van der Waals surface area contributed by atoms with Crippen LogP contribution in [0.2, 0.25) is 0 Å². The topological polar surface area (TPSA) is 52.0 Å². The Bertz CT molecular complexity index is 8.75. The molecule has 0 rings (SSSR count). The van der Waals surface area contributed by atoms with Crippen LogP contribution in [0.4, 0.5) is 0 Å². The SMILES string of the molecule is CCN.CN.Cl. The monoisotopic (exact) mass is 112 g/mol. The zero-order valence-corrected chi connectivity index (χ0v) is 5.09. The maximum Gasteiger partial charge on any atom is -0.0106 e. The first kappa shape index (κ1) is 16.4. The van der Waals surface area contributed by atoms with E-state index in [0.29, 0.717) is 0 Å². The van der Waals surface area contributed by atoms with E-state index in [0.717, 1.165) is 6.54 Å². The van der Waals surface area contributed by atoms with Crippen LogP contribution >= 0.6 is 12.4 Å². The highest BCUT2D eigenvalue weighted by molar-refractivity contribution is 5.85. The van der Waals surface area contributed by atoms with Crippen LogP contribution in [0.1, 0.15) is 6.92 Å². The molecule has 2 nitrogen and oxygen atoms in total. The zero-order chi connectivity index (χ0) is 4.71. The van der Waals surface area contributed by atoms with Crippen LogP contribution in [-0.2, 0) is 0 Å². The van der Waals surface area contributed by atoms with E-state index >= 15 is 0 Å². The highest BCUT2D eigenvalue weighted by Crippen LogP contribution is 1.20. The zero-order valence-electron chi connectivity index (χ0n) is 4.27. The maximum atomic E-state index is 4.85. The highest BCUT2D eigenvalue weighted by atomic mass is 35.5. The first-order chi connectivity index (χ1) is 2.41. The molecule has 0 aliphatic heterocycles. The average Bonchev–Trinajstić information content (AvgIpc) is 1.46. The lowest BCUT2D eigenvalue weighted by Gasteiger charge is -1.53. The minimum Gasteiger partial charge on any atom is -0.333 e. The standard InChI is InChI=1S/C2H7N.CH5N.ClH/c1-2-3;1-2;/h2-3H2,1H3;2H2,1H3;1H. The van der Waals surface area contributed by atoms with Crippen LogP contribution in [0.5, 0.6) is 0 Å². The molecule has 42 valence electrons. The third kappa shape index (κ3) is 984. The van der Waals surface area contributed by atoms with Gasteiger partial charge in [-0.1, -0.05) is 6.92 Å². The fourth-order valence-corrected chi connectivity index (χ4v) is 0. The summed E-state index contributed by atoms with van der Waals surface area (Å²) in [5.41, 5.74) is 9.35. The Morgan fingerprint density at radius 3 is 1.33 bits per heavy atom. The van der Waals surface area contributed by atoms with Crippen molar-refractivity contribution in [3.8, 4) is 0 Å². The summed E-state index contributed by atoms with van der Waals surface area (Å²) in [7, 11) is 1.50. The van der Waals surface area contributed by atoms with E-state index in [4.69, 9.17) is 5.73 Å². The predicted octanol–water partition coefficient (Wildman–Crippen LogP) is -0.0383. The molecule has 0 aliphatic rings. The Labute approximate surface area is 45.3 Å². The van der Waals surface area contributed by atoms with Crippen molar-refractivity contribution in [1.29, 1.82) is 0 Å². The molecule has 0 amide bonds. The van der Waals surface area contributed by atoms with Crippen LogP contribution in [0.25, 0.3) is 0 Å². The smallest absolute Gasteiger partial charge is 0.0106 e. The molecule has 3 heteroatoms. The van der Waals surface area contributed by atoms with Gasteiger partial charge >= 0.3 is 0 Å². The lowest BCUT2D eigenvalue weighted by atomic mass is 10.8. The molecule has 0 saturated carbocycles. The van der Waals surface area contributed by atoms with Gasteiger partial charge in [0.1, 0.15) is 0 Å². The van der Waals surface area contributed by atoms with Gasteiger partial charge in [-0.05, 0) is 13.6 Å². The van der Waals surface area contributed by atoms with Crippen molar-refractivity contribution in [3.63, 3.8) is 0 Å². The van der Waals surface area contributed by atoms with Crippen molar-refractivity contribution in [1.82, 2.24) is 0 Å². The predicted molar refractivity (Wildman–Crippen MR) is 32.1 cm³/mol. The van der Waals surface area contributed by atoms with Gasteiger partial charge in [0.15, 0.2) is 0 Å². The summed E-state index contributed by atoms with van der Waals surface area (Å²) in [6.45, 7) is 2.65. The van der Waals surface area contributed by atoms with Gasteiger partial charge in [-0.25, -0.2) is 0 Å². The van der Waals surface area contributed by atoms with E-state index in [1.807, 2.05) is 6.92 Å². The third-order valence-corrected chi connectivity index (χ3v) is 0. The average molecular weight is 113 g/mol. The molecule has 0 atom stereocenters. The number of hydrogen-bond acceptors (Lipinski definition) is 2. The van der Waals surface area contributed by atoms with Gasteiger partial charge in [-0.15, -0.1) is 12.4 Å². The van der Waals surface area contributed by atoms with Crippen LogP contribution in [0.3, 0.4) is 0 Å². The fourth-order valence-electron chi connectivity index (χ4n) is 0. The van der Waals surface area contributed by atoms with Crippen molar-refractivity contribution < 1.29 is 0 Å². The molecule has 0 fully saturated rings. The first-order valence-corrected chi connectivity index (χ1v) is 1.69. The Morgan fingerprint density at radius 2 is 1.33 bits per heavy atom. The molecule has 0 unspecified atom stereocenters. The van der Waals surface area contributed by atoms with Gasteiger partial charge in [0.05, 0.1) is 0 Å². The van der Waals surface area contributed by atoms with Crippen LogP contribution in [0.15, 0.2) is 0 Å². The summed E-state index contributed by atoms with van der Waals surface area (Å²) >= 11 is 0. The van der Waals surface area contributed by atoms with Crippen LogP contribution in [-0.4, -0.2) is 13.6 Å². The molecule has 0 saturated heterocycles. The molecular weight excluding hydrogens is 99.5 g/mol. The van der Waals surface area contributed by atoms with Crippen molar-refractivity contribution in [2.75, 3.05) is 13.6 Å². The van der Waals surface area contributed by atoms with Gasteiger partial charge in [0, 0.05) is 0 Å². The van der Waals surface area contributed by atoms with Crippen LogP contribution < -0.4 is 11.5 Å². The summed E-state index contributed by atoms with van der Waals surface area (Å²) in [4.78, 5) is 0. The molecule has 0 aromatic rings. The number of rotatable bonds is 0. The maximum absolute atomic E-state index is 4.85. The molecule has 0 aromatic carbocycles. The quantitative estimate of drug-likeness (QED) is 0.462. The molecule has 0 radical (unpaired) electrons. The van der Waals surface area contributed by atoms with E-state index in [9.17, 15) is 0 Å². The highest BCUT2D eigenvalue weighted by Gasteiger charge is 1.32. The second kappa shape index (κ2) is 63.1. The Hall–Kier alpha value is 0.210. The third-order valence-electron chi connectivity index (χ3n) is 0. The summed E-state index contributed by atoms with van der Waals surface area (Å²) in [5.74, 6) is 0. The van der Waals surface area contributed by atoms with E-state index in [-0.39, 0.29) is 12.4 Å². The molecular formula is C3H13ClN2. The van der Waals surface area contributed by atoms with Gasteiger partial charge in [-0.3, -0.25) is 0 Å². The molecule has 0 heterocycles. The van der Waals surface area contributed by atoms with Crippen LogP contribution in [0, 0.1) is 0 Å². The Balaban J connectivity index is -0.0000000275. The minimum absolute atomic E-state index is 0. The lowest BCUT2D eigenvalue weighted by Crippen LogP contribution is -1.87. The largest absolute Gasteiger partial charge is 0.333 e.